The molecule has 36 heteroatoms. The number of carboxylic acids is 1. The molecule has 0 unspecified atom stereocenters. The highest BCUT2D eigenvalue weighted by molar-refractivity contribution is 9.10. The first-order chi connectivity index (χ1) is 52.3. The number of aliphatic hydroxyl groups is 2. The summed E-state index contributed by atoms with van der Waals surface area (Å²) in [4.78, 5) is 101. The van der Waals surface area contributed by atoms with Gasteiger partial charge in [0.2, 0.25) is 29.6 Å². The van der Waals surface area contributed by atoms with Crippen LogP contribution in [-0.2, 0) is 62.1 Å². The van der Waals surface area contributed by atoms with Gasteiger partial charge in [-0.25, -0.2) is 83.9 Å². The number of hydroxylamine groups is 3. The summed E-state index contributed by atoms with van der Waals surface area (Å²) in [6.07, 6.45) is -2.27. The molecule has 0 saturated carbocycles. The van der Waals surface area contributed by atoms with Gasteiger partial charge in [-0.15, -0.1) is 0 Å². The third kappa shape index (κ3) is 21.0. The van der Waals surface area contributed by atoms with Crippen molar-refractivity contribution in [3.8, 4) is 34.3 Å². The average molecular weight is 1600 g/mol. The van der Waals surface area contributed by atoms with Crippen molar-refractivity contribution in [1.29, 1.82) is 0 Å². The van der Waals surface area contributed by atoms with Gasteiger partial charge < -0.3 is 55.9 Å². The number of pyridine rings is 2. The van der Waals surface area contributed by atoms with Crippen molar-refractivity contribution < 1.29 is 80.8 Å². The summed E-state index contributed by atoms with van der Waals surface area (Å²) in [5.74, 6) is -1.49. The fourth-order valence-electron chi connectivity index (χ4n) is 11.8. The molecule has 6 atom stereocenters. The van der Waals surface area contributed by atoms with Crippen LogP contribution in [0.1, 0.15) is 126 Å². The number of anilines is 3. The SMILES string of the molecule is COC(=O)[C@@H](O)CCONC1=N[C@@H](c2ccc(F)cc2-c2cccc(OC)n2)Cc2nc(N)nc(C)c21.COC(=O)[C@H](CCONC1=N[C@@H](c2ccc(F)cc2Br)Cc2nc(N)nc(C)c21)O[Si](C)(C)C(C)(C)C.COc1cccc(-c2cc(F)ccc2[C@H]2Cc3nc(N)nc(C)c3C(NOCC[C@H](O)C(=O)O)=N2)n1. The van der Waals surface area contributed by atoms with Crippen LogP contribution in [0.4, 0.5) is 31.0 Å². The number of carbonyl (C=O) groups excluding carboxylic acids is 2. The van der Waals surface area contributed by atoms with Gasteiger partial charge in [-0.05, 0) is 104 Å². The highest BCUT2D eigenvalue weighted by Crippen LogP contribution is 2.41. The third-order valence-corrected chi connectivity index (χ3v) is 23.4. The lowest BCUT2D eigenvalue weighted by Gasteiger charge is -2.38. The van der Waals surface area contributed by atoms with E-state index in [9.17, 15) is 37.8 Å². The van der Waals surface area contributed by atoms with Crippen LogP contribution in [0.5, 0.6) is 11.8 Å². The Hall–Kier alpha value is -10.7. The molecule has 0 amide bonds. The quantitative estimate of drug-likeness (QED) is 0.0118. The van der Waals surface area contributed by atoms with Gasteiger partial charge in [0.1, 0.15) is 23.6 Å². The Kier molecular flexibility index (Phi) is 28.1. The van der Waals surface area contributed by atoms with E-state index in [0.717, 1.165) is 5.56 Å². The summed E-state index contributed by atoms with van der Waals surface area (Å²) in [5.41, 5.74) is 36.2. The second-order valence-corrected chi connectivity index (χ2v) is 32.4. The summed E-state index contributed by atoms with van der Waals surface area (Å²) in [5, 5.41) is 28.0. The van der Waals surface area contributed by atoms with Crippen molar-refractivity contribution in [2.24, 2.45) is 15.0 Å². The Bertz CT molecular complexity index is 4770. The molecular formula is C74H87BrF3N17O14Si. The van der Waals surface area contributed by atoms with E-state index in [1.165, 1.54) is 64.8 Å². The van der Waals surface area contributed by atoms with Crippen LogP contribution in [0.3, 0.4) is 0 Å². The van der Waals surface area contributed by atoms with Gasteiger partial charge in [-0.1, -0.05) is 67.0 Å². The standard InChI is InChI=1S/C25H35BrFN5O4Si.C25H27FN6O5.C24H25FN6O5/c1-14-21-19(31-24(28)29-14)13-18(16-9-8-15(27)12-17(16)26)30-22(21)32-35-11-10-20(23(33)34-5)36-37(6,7)25(2,3)4;1-13-22-19(31-25(27)28-13)12-18(30-23(22)32-37-10-9-20(33)24(34)36-3)15-8-7-14(26)11-16(15)17-5-4-6-21(29-17)35-2;1-12-21-18(30-24(26)27-12)11-17(29-22(21)31-36-9-8-19(32)23(33)34)14-7-6-13(25)10-15(14)16-4-3-5-20(28-16)35-2/h8-9,12,18,20H,10-11,13H2,1-7H3,(H,30,32)(H2,28,29,31);4-8,11,18,20,33H,9-10,12H2,1-3H3,(H,30,32)(H2,27,28,31);3-7,10,17,19,32H,8-9,11H2,1-2H3,(H,29,31)(H,33,34)(H2,26,27,30)/t2*18-,20+;17-,19+/m111/s1. The van der Waals surface area contributed by atoms with Crippen LogP contribution in [-0.4, -0.2) is 165 Å². The topological polar surface area (TPSA) is 440 Å². The monoisotopic (exact) mass is 1600 g/mol. The number of rotatable bonds is 24. The highest BCUT2D eigenvalue weighted by atomic mass is 79.9. The molecule has 31 nitrogen and oxygen atoms in total. The van der Waals surface area contributed by atoms with Crippen molar-refractivity contribution in [2.75, 3.05) is 65.5 Å². The maximum Gasteiger partial charge on any atom is 0.334 e. The van der Waals surface area contributed by atoms with Gasteiger partial charge in [0.25, 0.3) is 0 Å². The van der Waals surface area contributed by atoms with Crippen molar-refractivity contribution in [2.45, 2.75) is 135 Å². The molecule has 8 aromatic rings. The van der Waals surface area contributed by atoms with Crippen LogP contribution in [0, 0.1) is 38.2 Å². The highest BCUT2D eigenvalue weighted by Gasteiger charge is 2.41. The number of hydrogen-bond donors (Lipinski definition) is 9. The average Bonchev–Trinajstić information content (AvgIpc) is 0.814. The van der Waals surface area contributed by atoms with Gasteiger partial charge in [0, 0.05) is 66.3 Å². The lowest BCUT2D eigenvalue weighted by Crippen LogP contribution is -2.46. The number of aromatic nitrogens is 8. The first-order valence-corrected chi connectivity index (χ1v) is 38.3. The molecule has 0 saturated heterocycles. The number of methoxy groups -OCH3 is 4. The van der Waals surface area contributed by atoms with E-state index in [0.29, 0.717) is 137 Å². The third-order valence-electron chi connectivity index (χ3n) is 18.2. The van der Waals surface area contributed by atoms with Crippen LogP contribution in [0.25, 0.3) is 22.5 Å². The summed E-state index contributed by atoms with van der Waals surface area (Å²) >= 11 is 3.44. The van der Waals surface area contributed by atoms with E-state index in [1.54, 1.807) is 68.4 Å². The lowest BCUT2D eigenvalue weighted by atomic mass is 9.91. The number of halogens is 4. The summed E-state index contributed by atoms with van der Waals surface area (Å²) in [7, 11) is 3.33. The van der Waals surface area contributed by atoms with E-state index in [-0.39, 0.29) is 73.8 Å². The van der Waals surface area contributed by atoms with E-state index < -0.39 is 68.3 Å². The van der Waals surface area contributed by atoms with Gasteiger partial charge in [-0.2, -0.15) is 0 Å². The summed E-state index contributed by atoms with van der Waals surface area (Å²) in [6, 6.07) is 22.4. The zero-order valence-corrected chi connectivity index (χ0v) is 65.1. The Balaban J connectivity index is 0.000000190. The van der Waals surface area contributed by atoms with E-state index in [4.69, 9.17) is 70.4 Å². The molecule has 0 radical (unpaired) electrons. The molecule has 584 valence electrons. The molecule has 3 aliphatic heterocycles. The number of esters is 2. The van der Waals surface area contributed by atoms with Gasteiger partial charge >= 0.3 is 17.9 Å². The number of nitrogens with one attached hydrogen (secondary N) is 3. The molecule has 0 fully saturated rings. The smallest absolute Gasteiger partial charge is 0.334 e. The maximum atomic E-state index is 14.3. The van der Waals surface area contributed by atoms with Crippen molar-refractivity contribution in [3.63, 3.8) is 0 Å². The second kappa shape index (κ2) is 37.1. The molecule has 0 spiro atoms. The van der Waals surface area contributed by atoms with Crippen LogP contribution in [0.15, 0.2) is 110 Å². The number of aliphatic hydroxyl groups excluding tert-OH is 2. The second-order valence-electron chi connectivity index (χ2n) is 26.8. The number of aryl methyl sites for hydroxylation is 3. The first-order valence-electron chi connectivity index (χ1n) is 34.6. The predicted octanol–water partition coefficient (Wildman–Crippen LogP) is 8.83. The van der Waals surface area contributed by atoms with Crippen LogP contribution in [0.2, 0.25) is 18.1 Å². The maximum absolute atomic E-state index is 14.3. The number of amidine groups is 3. The lowest BCUT2D eigenvalue weighted by molar-refractivity contribution is -0.151. The van der Waals surface area contributed by atoms with Gasteiger partial charge in [-0.3, -0.25) is 29.5 Å². The number of carboxylic acid groups (broad SMARTS) is 1. The number of aliphatic carboxylic acids is 1. The number of nitrogens with two attached hydrogens (primary N) is 3. The zero-order chi connectivity index (χ0) is 79.9. The zero-order valence-electron chi connectivity index (χ0n) is 62.5. The molecule has 0 aliphatic carbocycles. The van der Waals surface area contributed by atoms with Gasteiger partial charge in [0.15, 0.2) is 38.0 Å². The van der Waals surface area contributed by atoms with E-state index in [2.05, 4.69) is 111 Å². The number of hydrogen-bond acceptors (Lipinski definition) is 30. The molecule has 8 heterocycles. The largest absolute Gasteiger partial charge is 0.481 e. The Morgan fingerprint density at radius 3 is 1.28 bits per heavy atom. The number of nitrogen functional groups attached to an aromatic ring is 3. The van der Waals surface area contributed by atoms with Crippen LogP contribution < -0.4 is 43.1 Å². The minimum absolute atomic E-state index is 0.00405. The van der Waals surface area contributed by atoms with Crippen molar-refractivity contribution >= 4 is 77.5 Å². The fourth-order valence-corrected chi connectivity index (χ4v) is 13.7. The molecule has 5 aromatic heterocycles. The summed E-state index contributed by atoms with van der Waals surface area (Å²) in [6.45, 7) is 15.9. The van der Waals surface area contributed by atoms with E-state index >= 15 is 0 Å². The minimum Gasteiger partial charge on any atom is -0.481 e. The Labute approximate surface area is 641 Å². The number of carbonyl (C=O) groups is 3. The van der Waals surface area contributed by atoms with Gasteiger partial charge in [0.05, 0.1) is 129 Å². The molecule has 12 N–H and O–H groups in total. The molecular weight excluding hydrogens is 1520 g/mol. The fraction of sp³-hybridized carbons (Fsp3) is 0.378. The number of ether oxygens (including phenoxy) is 4. The van der Waals surface area contributed by atoms with Crippen molar-refractivity contribution in [3.05, 3.63) is 180 Å². The number of nitrogens with zero attached hydrogens (tertiary/aromatic N) is 11. The van der Waals surface area contributed by atoms with E-state index in [1.807, 2.05) is 6.92 Å². The number of benzene rings is 3. The number of aliphatic imine (C=N–C) groups is 3. The molecule has 3 aliphatic rings. The normalized spacial score (nSPS) is 15.8. The Morgan fingerprint density at radius 1 is 0.536 bits per heavy atom. The predicted molar refractivity (Wildman–Crippen MR) is 406 cm³/mol. The molecule has 110 heavy (non-hydrogen) atoms. The minimum atomic E-state index is -2.22. The van der Waals surface area contributed by atoms with Crippen LogP contribution >= 0.6 is 15.9 Å². The molecule has 3 aromatic carbocycles. The summed E-state index contributed by atoms with van der Waals surface area (Å²) < 4.78 is 69.2. The Morgan fingerprint density at radius 2 is 0.909 bits per heavy atom. The molecule has 11 rings (SSSR count). The molecule has 0 bridgehead atoms. The number of fused-ring (bicyclic) bond motifs is 3. The van der Waals surface area contributed by atoms with Crippen molar-refractivity contribution in [1.82, 2.24) is 56.3 Å². The first kappa shape index (κ1) is 83.3.